The maximum atomic E-state index is 5.78. The van der Waals surface area contributed by atoms with Crippen molar-refractivity contribution < 1.29 is 4.74 Å². The minimum Gasteiger partial charge on any atom is -0.457 e. The first-order chi connectivity index (χ1) is 9.33. The Labute approximate surface area is 119 Å². The molecule has 2 rings (SSSR count). The zero-order chi connectivity index (χ0) is 13.5. The van der Waals surface area contributed by atoms with E-state index in [1.807, 2.05) is 42.5 Å². The highest BCUT2D eigenvalue weighted by Crippen LogP contribution is 2.25. The number of para-hydroxylation sites is 1. The predicted molar refractivity (Wildman–Crippen MR) is 84.7 cm³/mol. The van der Waals surface area contributed by atoms with E-state index >= 15 is 0 Å². The Balaban J connectivity index is 2.12. The molecule has 19 heavy (non-hydrogen) atoms. The van der Waals surface area contributed by atoms with Crippen molar-refractivity contribution in [2.45, 2.75) is 13.3 Å². The van der Waals surface area contributed by atoms with Gasteiger partial charge >= 0.3 is 0 Å². The molecule has 2 aromatic rings. The van der Waals surface area contributed by atoms with Gasteiger partial charge in [-0.05, 0) is 53.5 Å². The largest absolute Gasteiger partial charge is 0.457 e. The molecule has 0 amide bonds. The highest BCUT2D eigenvalue weighted by molar-refractivity contribution is 8.01. The van der Waals surface area contributed by atoms with E-state index in [1.54, 1.807) is 11.8 Å². The number of ether oxygens (including phenoxy) is 1. The molecule has 0 spiro atoms. The lowest BCUT2D eigenvalue weighted by molar-refractivity contribution is 0.482. The van der Waals surface area contributed by atoms with Crippen molar-refractivity contribution in [3.63, 3.8) is 0 Å². The average molecular weight is 270 g/mol. The zero-order valence-electron chi connectivity index (χ0n) is 11.3. The van der Waals surface area contributed by atoms with Gasteiger partial charge in [0, 0.05) is 0 Å². The Morgan fingerprint density at radius 3 is 2.21 bits per heavy atom. The van der Waals surface area contributed by atoms with E-state index in [4.69, 9.17) is 4.74 Å². The second-order valence-electron chi connectivity index (χ2n) is 4.17. The SMILES string of the molecule is CCC(=CSC)c1ccc(Oc2ccccc2)cc1. The second-order valence-corrected chi connectivity index (χ2v) is 4.88. The van der Waals surface area contributed by atoms with Crippen LogP contribution in [0.25, 0.3) is 5.57 Å². The quantitative estimate of drug-likeness (QED) is 0.700. The van der Waals surface area contributed by atoms with E-state index in [0.717, 1.165) is 17.9 Å². The summed E-state index contributed by atoms with van der Waals surface area (Å²) in [6.45, 7) is 2.18. The molecule has 0 aliphatic heterocycles. The molecule has 0 radical (unpaired) electrons. The van der Waals surface area contributed by atoms with Crippen LogP contribution in [0, 0.1) is 0 Å². The maximum absolute atomic E-state index is 5.78. The summed E-state index contributed by atoms with van der Waals surface area (Å²) in [4.78, 5) is 0. The predicted octanol–water partition coefficient (Wildman–Crippen LogP) is 5.59. The van der Waals surface area contributed by atoms with Crippen molar-refractivity contribution in [1.29, 1.82) is 0 Å². The number of allylic oxidation sites excluding steroid dienone is 1. The van der Waals surface area contributed by atoms with Gasteiger partial charge in [-0.25, -0.2) is 0 Å². The number of hydrogen-bond acceptors (Lipinski definition) is 2. The Bertz CT molecular complexity index is 529. The van der Waals surface area contributed by atoms with Crippen LogP contribution in [0.5, 0.6) is 11.5 Å². The van der Waals surface area contributed by atoms with Crippen LogP contribution in [0.3, 0.4) is 0 Å². The molecule has 0 bridgehead atoms. The first kappa shape index (κ1) is 13.8. The van der Waals surface area contributed by atoms with Crippen molar-refractivity contribution >= 4 is 17.3 Å². The van der Waals surface area contributed by atoms with Crippen molar-refractivity contribution in [2.75, 3.05) is 6.26 Å². The molecule has 0 atom stereocenters. The summed E-state index contributed by atoms with van der Waals surface area (Å²) in [5, 5.41) is 2.20. The van der Waals surface area contributed by atoms with Gasteiger partial charge in [-0.3, -0.25) is 0 Å². The molecular formula is C17H18OS. The van der Waals surface area contributed by atoms with Gasteiger partial charge in [-0.15, -0.1) is 11.8 Å². The third-order valence-electron chi connectivity index (χ3n) is 2.85. The standard InChI is InChI=1S/C17H18OS/c1-3-14(13-19-2)15-9-11-17(12-10-15)18-16-7-5-4-6-8-16/h4-13H,3H2,1-2H3. The molecule has 0 saturated heterocycles. The van der Waals surface area contributed by atoms with Gasteiger partial charge in [0.25, 0.3) is 0 Å². The summed E-state index contributed by atoms with van der Waals surface area (Å²) in [5.74, 6) is 1.74. The van der Waals surface area contributed by atoms with Crippen LogP contribution in [0.4, 0.5) is 0 Å². The van der Waals surface area contributed by atoms with Crippen LogP contribution in [0.15, 0.2) is 60.0 Å². The van der Waals surface area contributed by atoms with E-state index in [0.29, 0.717) is 0 Å². The molecule has 0 heterocycles. The van der Waals surface area contributed by atoms with Gasteiger partial charge in [0.2, 0.25) is 0 Å². The van der Waals surface area contributed by atoms with E-state index in [-0.39, 0.29) is 0 Å². The lowest BCUT2D eigenvalue weighted by Gasteiger charge is -2.08. The summed E-state index contributed by atoms with van der Waals surface area (Å²) in [5.41, 5.74) is 2.62. The second kappa shape index (κ2) is 7.05. The fraction of sp³-hybridized carbons (Fsp3) is 0.176. The van der Waals surface area contributed by atoms with Gasteiger partial charge in [-0.2, -0.15) is 0 Å². The third-order valence-corrected chi connectivity index (χ3v) is 3.37. The minimum atomic E-state index is 0.866. The molecule has 0 aliphatic rings. The minimum absolute atomic E-state index is 0.866. The van der Waals surface area contributed by atoms with E-state index in [1.165, 1.54) is 11.1 Å². The van der Waals surface area contributed by atoms with E-state index < -0.39 is 0 Å². The monoisotopic (exact) mass is 270 g/mol. The zero-order valence-corrected chi connectivity index (χ0v) is 12.1. The molecule has 0 unspecified atom stereocenters. The smallest absolute Gasteiger partial charge is 0.127 e. The fourth-order valence-corrected chi connectivity index (χ4v) is 2.45. The highest BCUT2D eigenvalue weighted by Gasteiger charge is 2.01. The maximum Gasteiger partial charge on any atom is 0.127 e. The molecular weight excluding hydrogens is 252 g/mol. The molecule has 0 N–H and O–H groups in total. The van der Waals surface area contributed by atoms with Gasteiger partial charge in [0.15, 0.2) is 0 Å². The van der Waals surface area contributed by atoms with Gasteiger partial charge in [0.05, 0.1) is 0 Å². The van der Waals surface area contributed by atoms with Gasteiger partial charge < -0.3 is 4.74 Å². The van der Waals surface area contributed by atoms with Gasteiger partial charge in [-0.1, -0.05) is 37.3 Å². The van der Waals surface area contributed by atoms with Crippen LogP contribution in [0.1, 0.15) is 18.9 Å². The number of thioether (sulfide) groups is 1. The molecule has 2 aromatic carbocycles. The van der Waals surface area contributed by atoms with Crippen molar-refractivity contribution in [1.82, 2.24) is 0 Å². The van der Waals surface area contributed by atoms with E-state index in [9.17, 15) is 0 Å². The summed E-state index contributed by atoms with van der Waals surface area (Å²) in [6.07, 6.45) is 3.13. The lowest BCUT2D eigenvalue weighted by atomic mass is 10.1. The van der Waals surface area contributed by atoms with Crippen LogP contribution in [0.2, 0.25) is 0 Å². The fourth-order valence-electron chi connectivity index (χ4n) is 1.86. The van der Waals surface area contributed by atoms with Crippen LogP contribution < -0.4 is 4.74 Å². The molecule has 1 nitrogen and oxygen atoms in total. The lowest BCUT2D eigenvalue weighted by Crippen LogP contribution is -1.86. The van der Waals surface area contributed by atoms with Crippen molar-refractivity contribution in [3.05, 3.63) is 65.6 Å². The van der Waals surface area contributed by atoms with Crippen LogP contribution in [-0.4, -0.2) is 6.26 Å². The topological polar surface area (TPSA) is 9.23 Å². The van der Waals surface area contributed by atoms with Crippen molar-refractivity contribution in [3.8, 4) is 11.5 Å². The summed E-state index contributed by atoms with van der Waals surface area (Å²) >= 11 is 1.74. The Morgan fingerprint density at radius 1 is 1.00 bits per heavy atom. The Morgan fingerprint density at radius 2 is 1.63 bits per heavy atom. The Hall–Kier alpha value is -1.67. The molecule has 0 saturated carbocycles. The van der Waals surface area contributed by atoms with Crippen molar-refractivity contribution in [2.24, 2.45) is 0 Å². The van der Waals surface area contributed by atoms with Crippen LogP contribution in [-0.2, 0) is 0 Å². The number of rotatable bonds is 5. The molecule has 0 aliphatic carbocycles. The molecule has 2 heteroatoms. The first-order valence-corrected chi connectivity index (χ1v) is 7.67. The molecule has 0 fully saturated rings. The number of hydrogen-bond donors (Lipinski definition) is 0. The average Bonchev–Trinajstić information content (AvgIpc) is 2.47. The first-order valence-electron chi connectivity index (χ1n) is 6.38. The summed E-state index contributed by atoms with van der Waals surface area (Å²) < 4.78 is 5.78. The normalized spacial score (nSPS) is 11.4. The van der Waals surface area contributed by atoms with E-state index in [2.05, 4.69) is 30.7 Å². The third kappa shape index (κ3) is 3.90. The summed E-state index contributed by atoms with van der Waals surface area (Å²) in [6, 6.07) is 18.1. The Kier molecular flexibility index (Phi) is 5.10. The van der Waals surface area contributed by atoms with Gasteiger partial charge in [0.1, 0.15) is 11.5 Å². The summed E-state index contributed by atoms with van der Waals surface area (Å²) in [7, 11) is 0. The molecule has 98 valence electrons. The number of benzene rings is 2. The van der Waals surface area contributed by atoms with Crippen LogP contribution >= 0.6 is 11.8 Å². The molecule has 0 aromatic heterocycles. The highest BCUT2D eigenvalue weighted by atomic mass is 32.2.